The molecule has 0 saturated heterocycles. The third-order valence-corrected chi connectivity index (χ3v) is 4.38. The average Bonchev–Trinajstić information content (AvgIpc) is 3.21. The lowest BCUT2D eigenvalue weighted by Crippen LogP contribution is -2.18. The average molecular weight is 406 g/mol. The first-order valence-corrected chi connectivity index (χ1v) is 9.90. The molecule has 156 valence electrons. The van der Waals surface area contributed by atoms with Gasteiger partial charge < -0.3 is 9.84 Å². The number of hydrazone groups is 1. The number of nitrogens with one attached hydrogen (secondary N) is 2. The van der Waals surface area contributed by atoms with Gasteiger partial charge >= 0.3 is 0 Å². The number of ether oxygens (including phenoxy) is 1. The van der Waals surface area contributed by atoms with E-state index in [1.54, 1.807) is 18.2 Å². The summed E-state index contributed by atoms with van der Waals surface area (Å²) >= 11 is 0. The Bertz CT molecular complexity index is 1020. The summed E-state index contributed by atoms with van der Waals surface area (Å²) in [4.78, 5) is 12.3. The standard InChI is InChI=1S/C23H26N4O3/c1-4-30-22-12-17(7-10-21(22)28)14-24-27-23(29)20-13-19(25-26-20)18-8-5-16(6-9-18)11-15(2)3/h5-10,12-15,28H,4,11H2,1-3H3,(H,25,26)(H,27,29)/b24-14-. The van der Waals surface area contributed by atoms with Crippen LogP contribution >= 0.6 is 0 Å². The van der Waals surface area contributed by atoms with E-state index in [-0.39, 0.29) is 5.75 Å². The fourth-order valence-corrected chi connectivity index (χ4v) is 2.98. The summed E-state index contributed by atoms with van der Waals surface area (Å²) in [5.41, 5.74) is 6.37. The van der Waals surface area contributed by atoms with Crippen molar-refractivity contribution in [1.82, 2.24) is 15.6 Å². The minimum Gasteiger partial charge on any atom is -0.504 e. The molecule has 1 heterocycles. The predicted octanol–water partition coefficient (Wildman–Crippen LogP) is 4.14. The monoisotopic (exact) mass is 406 g/mol. The molecule has 1 amide bonds. The molecule has 7 heteroatoms. The van der Waals surface area contributed by atoms with Crippen LogP contribution in [-0.2, 0) is 6.42 Å². The number of aromatic amines is 1. The van der Waals surface area contributed by atoms with Crippen LogP contribution in [0.3, 0.4) is 0 Å². The maximum absolute atomic E-state index is 12.3. The summed E-state index contributed by atoms with van der Waals surface area (Å²) in [6.07, 6.45) is 2.50. The number of hydrogen-bond donors (Lipinski definition) is 3. The van der Waals surface area contributed by atoms with E-state index in [2.05, 4.69) is 46.7 Å². The van der Waals surface area contributed by atoms with Gasteiger partial charge in [-0.3, -0.25) is 9.89 Å². The van der Waals surface area contributed by atoms with Gasteiger partial charge in [-0.15, -0.1) is 0 Å². The maximum Gasteiger partial charge on any atom is 0.289 e. The van der Waals surface area contributed by atoms with Crippen LogP contribution < -0.4 is 10.2 Å². The molecule has 0 saturated carbocycles. The number of rotatable bonds is 8. The molecule has 1 aromatic heterocycles. The number of amides is 1. The van der Waals surface area contributed by atoms with Gasteiger partial charge in [0.1, 0.15) is 5.69 Å². The summed E-state index contributed by atoms with van der Waals surface area (Å²) in [6.45, 7) is 6.65. The number of benzene rings is 2. The van der Waals surface area contributed by atoms with E-state index in [9.17, 15) is 9.90 Å². The Balaban J connectivity index is 1.62. The molecule has 0 unspecified atom stereocenters. The lowest BCUT2D eigenvalue weighted by Gasteiger charge is -2.05. The number of carbonyl (C=O) groups is 1. The van der Waals surface area contributed by atoms with Crippen molar-refractivity contribution < 1.29 is 14.6 Å². The zero-order valence-corrected chi connectivity index (χ0v) is 17.3. The minimum atomic E-state index is -0.398. The van der Waals surface area contributed by atoms with E-state index in [4.69, 9.17) is 4.74 Å². The van der Waals surface area contributed by atoms with Crippen LogP contribution in [0.5, 0.6) is 11.5 Å². The Morgan fingerprint density at radius 1 is 1.23 bits per heavy atom. The number of hydrogen-bond acceptors (Lipinski definition) is 5. The molecule has 0 aliphatic heterocycles. The fourth-order valence-electron chi connectivity index (χ4n) is 2.98. The third-order valence-electron chi connectivity index (χ3n) is 4.38. The van der Waals surface area contributed by atoms with Gasteiger partial charge in [-0.05, 0) is 54.7 Å². The number of nitrogens with zero attached hydrogens (tertiary/aromatic N) is 2. The fraction of sp³-hybridized carbons (Fsp3) is 0.261. The zero-order valence-electron chi connectivity index (χ0n) is 17.3. The minimum absolute atomic E-state index is 0.0558. The number of aromatic hydroxyl groups is 1. The van der Waals surface area contributed by atoms with E-state index in [0.717, 1.165) is 12.0 Å². The van der Waals surface area contributed by atoms with Crippen molar-refractivity contribution in [3.63, 3.8) is 0 Å². The van der Waals surface area contributed by atoms with Crippen LogP contribution in [0.25, 0.3) is 11.3 Å². The van der Waals surface area contributed by atoms with Gasteiger partial charge in [0.25, 0.3) is 5.91 Å². The summed E-state index contributed by atoms with van der Waals surface area (Å²) in [5, 5.41) is 20.7. The van der Waals surface area contributed by atoms with Gasteiger partial charge in [-0.25, -0.2) is 5.43 Å². The topological polar surface area (TPSA) is 99.6 Å². The van der Waals surface area contributed by atoms with Gasteiger partial charge in [0.2, 0.25) is 0 Å². The Labute approximate surface area is 175 Å². The number of carbonyl (C=O) groups excluding carboxylic acids is 1. The normalized spacial score (nSPS) is 11.2. The van der Waals surface area contributed by atoms with E-state index in [0.29, 0.717) is 35.2 Å². The summed E-state index contributed by atoms with van der Waals surface area (Å²) in [6, 6.07) is 14.7. The molecule has 0 radical (unpaired) electrons. The van der Waals surface area contributed by atoms with Crippen molar-refractivity contribution in [2.45, 2.75) is 27.2 Å². The summed E-state index contributed by atoms with van der Waals surface area (Å²) in [7, 11) is 0. The van der Waals surface area contributed by atoms with Crippen molar-refractivity contribution in [2.75, 3.05) is 6.61 Å². The first-order valence-electron chi connectivity index (χ1n) is 9.90. The van der Waals surface area contributed by atoms with Crippen molar-refractivity contribution in [3.05, 3.63) is 65.4 Å². The highest BCUT2D eigenvalue weighted by Gasteiger charge is 2.11. The smallest absolute Gasteiger partial charge is 0.289 e. The zero-order chi connectivity index (χ0) is 21.5. The molecule has 7 nitrogen and oxygen atoms in total. The van der Waals surface area contributed by atoms with Gasteiger partial charge in [0.15, 0.2) is 11.5 Å². The molecule has 2 aromatic carbocycles. The number of H-pyrrole nitrogens is 1. The molecule has 0 bridgehead atoms. The predicted molar refractivity (Wildman–Crippen MR) is 117 cm³/mol. The van der Waals surface area contributed by atoms with E-state index >= 15 is 0 Å². The van der Waals surface area contributed by atoms with Gasteiger partial charge in [0, 0.05) is 5.56 Å². The van der Waals surface area contributed by atoms with Crippen molar-refractivity contribution in [3.8, 4) is 22.8 Å². The van der Waals surface area contributed by atoms with Crippen LogP contribution in [0.15, 0.2) is 53.6 Å². The van der Waals surface area contributed by atoms with Crippen LogP contribution in [0.1, 0.15) is 42.4 Å². The first-order chi connectivity index (χ1) is 14.5. The highest BCUT2D eigenvalue weighted by Crippen LogP contribution is 2.26. The quantitative estimate of drug-likeness (QED) is 0.387. The van der Waals surface area contributed by atoms with Crippen molar-refractivity contribution in [2.24, 2.45) is 11.0 Å². The molecule has 0 atom stereocenters. The lowest BCUT2D eigenvalue weighted by atomic mass is 10.0. The van der Waals surface area contributed by atoms with Gasteiger partial charge in [-0.1, -0.05) is 38.1 Å². The van der Waals surface area contributed by atoms with E-state index in [1.807, 2.05) is 19.1 Å². The van der Waals surface area contributed by atoms with Gasteiger partial charge in [0.05, 0.1) is 18.5 Å². The largest absolute Gasteiger partial charge is 0.504 e. The summed E-state index contributed by atoms with van der Waals surface area (Å²) < 4.78 is 5.33. The van der Waals surface area contributed by atoms with Gasteiger partial charge in [-0.2, -0.15) is 10.2 Å². The Morgan fingerprint density at radius 2 is 2.00 bits per heavy atom. The molecular weight excluding hydrogens is 380 g/mol. The number of phenolic OH excluding ortho intramolecular Hbond substituents is 1. The molecule has 30 heavy (non-hydrogen) atoms. The molecule has 0 aliphatic rings. The number of phenols is 1. The molecule has 0 fully saturated rings. The lowest BCUT2D eigenvalue weighted by molar-refractivity contribution is 0.0950. The second-order valence-electron chi connectivity index (χ2n) is 7.32. The SMILES string of the molecule is CCOc1cc(/C=N\NC(=O)c2cc(-c3ccc(CC(C)C)cc3)n[nH]2)ccc1O. The molecule has 0 spiro atoms. The molecule has 3 N–H and O–H groups in total. The van der Waals surface area contributed by atoms with E-state index < -0.39 is 5.91 Å². The highest BCUT2D eigenvalue weighted by molar-refractivity contribution is 5.94. The second kappa shape index (κ2) is 9.73. The van der Waals surface area contributed by atoms with Crippen LogP contribution in [0, 0.1) is 5.92 Å². The summed E-state index contributed by atoms with van der Waals surface area (Å²) in [5.74, 6) is 0.625. The van der Waals surface area contributed by atoms with Crippen LogP contribution in [0.4, 0.5) is 0 Å². The van der Waals surface area contributed by atoms with Crippen molar-refractivity contribution in [1.29, 1.82) is 0 Å². The van der Waals surface area contributed by atoms with Crippen LogP contribution in [0.2, 0.25) is 0 Å². The highest BCUT2D eigenvalue weighted by atomic mass is 16.5. The van der Waals surface area contributed by atoms with Crippen molar-refractivity contribution >= 4 is 12.1 Å². The first kappa shape index (κ1) is 21.1. The molecule has 0 aliphatic carbocycles. The molecule has 3 aromatic rings. The second-order valence-corrected chi connectivity index (χ2v) is 7.32. The Morgan fingerprint density at radius 3 is 2.70 bits per heavy atom. The number of aromatic nitrogens is 2. The van der Waals surface area contributed by atoms with E-state index in [1.165, 1.54) is 17.8 Å². The maximum atomic E-state index is 12.3. The van der Waals surface area contributed by atoms with Crippen LogP contribution in [-0.4, -0.2) is 34.0 Å². The third kappa shape index (κ3) is 5.47. The Kier molecular flexibility index (Phi) is 6.85. The Hall–Kier alpha value is -3.61. The molecule has 3 rings (SSSR count). The molecular formula is C23H26N4O3.